The minimum Gasteiger partial charge on any atom is -0.353 e. The summed E-state index contributed by atoms with van der Waals surface area (Å²) in [4.78, 5) is 28.3. The van der Waals surface area contributed by atoms with E-state index >= 15 is 0 Å². The molecule has 2 amide bonds. The maximum Gasteiger partial charge on any atom is 0.231 e. The number of nitrogens with one attached hydrogen (secondary N) is 2. The van der Waals surface area contributed by atoms with Gasteiger partial charge in [0.25, 0.3) is 0 Å². The van der Waals surface area contributed by atoms with Gasteiger partial charge in [0, 0.05) is 16.8 Å². The number of anilines is 1. The molecule has 0 aromatic carbocycles. The molecule has 0 saturated heterocycles. The lowest BCUT2D eigenvalue weighted by Crippen LogP contribution is -2.37. The predicted octanol–water partition coefficient (Wildman–Crippen LogP) is 3.12. The van der Waals surface area contributed by atoms with Crippen LogP contribution in [0.5, 0.6) is 0 Å². The van der Waals surface area contributed by atoms with Crippen LogP contribution in [0.25, 0.3) is 0 Å². The Bertz CT molecular complexity index is 528. The number of hydrogen-bond donors (Lipinski definition) is 2. The maximum absolute atomic E-state index is 12.0. The molecule has 5 nitrogen and oxygen atoms in total. The van der Waals surface area contributed by atoms with Crippen LogP contribution in [-0.4, -0.2) is 22.8 Å². The van der Waals surface area contributed by atoms with Gasteiger partial charge in [-0.1, -0.05) is 40.0 Å². The second-order valence-corrected chi connectivity index (χ2v) is 7.79. The molecule has 1 fully saturated rings. The van der Waals surface area contributed by atoms with E-state index in [0.717, 1.165) is 12.8 Å². The van der Waals surface area contributed by atoms with E-state index in [-0.39, 0.29) is 18.2 Å². The zero-order chi connectivity index (χ0) is 16.2. The second kappa shape index (κ2) is 7.22. The smallest absolute Gasteiger partial charge is 0.231 e. The fourth-order valence-electron chi connectivity index (χ4n) is 2.42. The van der Waals surface area contributed by atoms with Gasteiger partial charge in [0.1, 0.15) is 0 Å². The summed E-state index contributed by atoms with van der Waals surface area (Å²) >= 11 is 1.36. The molecular formula is C16H25N3O2S. The molecule has 0 spiro atoms. The Balaban J connectivity index is 1.83. The highest BCUT2D eigenvalue weighted by atomic mass is 32.1. The van der Waals surface area contributed by atoms with E-state index in [9.17, 15) is 9.59 Å². The molecule has 122 valence electrons. The highest BCUT2D eigenvalue weighted by Gasteiger charge is 2.22. The van der Waals surface area contributed by atoms with Crippen LogP contribution in [0.15, 0.2) is 5.38 Å². The van der Waals surface area contributed by atoms with Crippen molar-refractivity contribution in [2.24, 2.45) is 5.41 Å². The molecule has 22 heavy (non-hydrogen) atoms. The van der Waals surface area contributed by atoms with Gasteiger partial charge in [-0.05, 0) is 12.8 Å². The van der Waals surface area contributed by atoms with E-state index in [1.165, 1.54) is 30.6 Å². The molecule has 1 aliphatic carbocycles. The molecule has 0 radical (unpaired) electrons. The van der Waals surface area contributed by atoms with Crippen LogP contribution < -0.4 is 10.6 Å². The van der Waals surface area contributed by atoms with E-state index in [1.807, 2.05) is 26.2 Å². The van der Waals surface area contributed by atoms with Crippen LogP contribution in [0, 0.1) is 5.41 Å². The Morgan fingerprint density at radius 1 is 1.27 bits per heavy atom. The fraction of sp³-hybridized carbons (Fsp3) is 0.688. The molecular weight excluding hydrogens is 298 g/mol. The summed E-state index contributed by atoms with van der Waals surface area (Å²) < 4.78 is 0. The Labute approximate surface area is 135 Å². The molecule has 1 aliphatic rings. The topological polar surface area (TPSA) is 71.1 Å². The van der Waals surface area contributed by atoms with Gasteiger partial charge >= 0.3 is 0 Å². The van der Waals surface area contributed by atoms with Crippen LogP contribution in [0.3, 0.4) is 0 Å². The summed E-state index contributed by atoms with van der Waals surface area (Å²) in [5.41, 5.74) is 0.256. The Morgan fingerprint density at radius 3 is 2.59 bits per heavy atom. The molecule has 2 N–H and O–H groups in total. The van der Waals surface area contributed by atoms with Crippen molar-refractivity contribution in [1.82, 2.24) is 10.3 Å². The Hall–Kier alpha value is -1.43. The number of carbonyl (C=O) groups is 2. The first-order chi connectivity index (χ1) is 10.3. The molecule has 1 heterocycles. The van der Waals surface area contributed by atoms with Crippen molar-refractivity contribution in [3.8, 4) is 0 Å². The summed E-state index contributed by atoms with van der Waals surface area (Å²) in [5.74, 6) is -0.0500. The first kappa shape index (κ1) is 16.9. The molecule has 0 bridgehead atoms. The van der Waals surface area contributed by atoms with Gasteiger partial charge in [-0.2, -0.15) is 0 Å². The molecule has 1 saturated carbocycles. The van der Waals surface area contributed by atoms with Crippen molar-refractivity contribution in [3.05, 3.63) is 11.1 Å². The van der Waals surface area contributed by atoms with Gasteiger partial charge in [-0.15, -0.1) is 11.3 Å². The number of hydrogen-bond acceptors (Lipinski definition) is 4. The van der Waals surface area contributed by atoms with Gasteiger partial charge in [-0.25, -0.2) is 4.98 Å². The Kier molecular flexibility index (Phi) is 5.56. The molecule has 0 unspecified atom stereocenters. The fourth-order valence-corrected chi connectivity index (χ4v) is 3.13. The first-order valence-electron chi connectivity index (χ1n) is 7.90. The normalized spacial score (nSPS) is 16.3. The van der Waals surface area contributed by atoms with Crippen molar-refractivity contribution in [3.63, 3.8) is 0 Å². The van der Waals surface area contributed by atoms with Crippen molar-refractivity contribution in [2.75, 3.05) is 5.32 Å². The maximum atomic E-state index is 12.0. The number of aromatic nitrogens is 1. The largest absolute Gasteiger partial charge is 0.353 e. The predicted molar refractivity (Wildman–Crippen MR) is 88.9 cm³/mol. The summed E-state index contributed by atoms with van der Waals surface area (Å²) in [7, 11) is 0. The number of carbonyl (C=O) groups excluding carboxylic acids is 2. The van der Waals surface area contributed by atoms with Crippen LogP contribution in [0.4, 0.5) is 5.13 Å². The minimum absolute atomic E-state index is 0.0193. The zero-order valence-corrected chi connectivity index (χ0v) is 14.4. The third-order valence-electron chi connectivity index (χ3n) is 3.77. The summed E-state index contributed by atoms with van der Waals surface area (Å²) in [6, 6.07) is 0.319. The van der Waals surface area contributed by atoms with Crippen molar-refractivity contribution < 1.29 is 9.59 Å². The van der Waals surface area contributed by atoms with Gasteiger partial charge in [-0.3, -0.25) is 9.59 Å². The lowest BCUT2D eigenvalue weighted by Gasteiger charge is -2.22. The highest BCUT2D eigenvalue weighted by Crippen LogP contribution is 2.21. The number of rotatable bonds is 4. The summed E-state index contributed by atoms with van der Waals surface area (Å²) in [5, 5.41) is 8.26. The first-order valence-corrected chi connectivity index (χ1v) is 8.78. The standard InChI is InChI=1S/C16H25N3O2S/c1-16(2,3)14(21)19-15-18-12(10-22-15)9-13(20)17-11-7-5-4-6-8-11/h10-11H,4-9H2,1-3H3,(H,17,20)(H,18,19,21). The molecule has 1 aromatic heterocycles. The third kappa shape index (κ3) is 5.09. The summed E-state index contributed by atoms with van der Waals surface area (Å²) in [6.45, 7) is 5.57. The zero-order valence-electron chi connectivity index (χ0n) is 13.6. The Morgan fingerprint density at radius 2 is 1.95 bits per heavy atom. The third-order valence-corrected chi connectivity index (χ3v) is 4.57. The number of nitrogens with zero attached hydrogens (tertiary/aromatic N) is 1. The van der Waals surface area contributed by atoms with Crippen LogP contribution in [0.2, 0.25) is 0 Å². The van der Waals surface area contributed by atoms with Gasteiger partial charge < -0.3 is 10.6 Å². The molecule has 2 rings (SSSR count). The van der Waals surface area contributed by atoms with Crippen LogP contribution in [0.1, 0.15) is 58.6 Å². The van der Waals surface area contributed by atoms with Gasteiger partial charge in [0.05, 0.1) is 12.1 Å². The van der Waals surface area contributed by atoms with Crippen LogP contribution >= 0.6 is 11.3 Å². The van der Waals surface area contributed by atoms with E-state index in [1.54, 1.807) is 0 Å². The average Bonchev–Trinajstić information content (AvgIpc) is 2.85. The van der Waals surface area contributed by atoms with Crippen LogP contribution in [-0.2, 0) is 16.0 Å². The second-order valence-electron chi connectivity index (χ2n) is 6.93. The lowest BCUT2D eigenvalue weighted by atomic mass is 9.95. The van der Waals surface area contributed by atoms with Crippen molar-refractivity contribution >= 4 is 28.3 Å². The van der Waals surface area contributed by atoms with Crippen molar-refractivity contribution in [1.29, 1.82) is 0 Å². The molecule has 1 aromatic rings. The quantitative estimate of drug-likeness (QED) is 0.894. The van der Waals surface area contributed by atoms with E-state index in [0.29, 0.717) is 16.9 Å². The SMILES string of the molecule is CC(C)(C)C(=O)Nc1nc(CC(=O)NC2CCCCC2)cs1. The monoisotopic (exact) mass is 323 g/mol. The van der Waals surface area contributed by atoms with Gasteiger partial charge in [0.15, 0.2) is 5.13 Å². The van der Waals surface area contributed by atoms with E-state index < -0.39 is 5.41 Å². The van der Waals surface area contributed by atoms with Crippen molar-refractivity contribution in [2.45, 2.75) is 65.3 Å². The number of amides is 2. The minimum atomic E-state index is -0.454. The molecule has 6 heteroatoms. The summed E-state index contributed by atoms with van der Waals surface area (Å²) in [6.07, 6.45) is 6.11. The molecule has 0 atom stereocenters. The number of thiazole rings is 1. The highest BCUT2D eigenvalue weighted by molar-refractivity contribution is 7.13. The van der Waals surface area contributed by atoms with E-state index in [4.69, 9.17) is 0 Å². The molecule has 0 aliphatic heterocycles. The average molecular weight is 323 g/mol. The lowest BCUT2D eigenvalue weighted by molar-refractivity contribution is -0.123. The van der Waals surface area contributed by atoms with Gasteiger partial charge in [0.2, 0.25) is 11.8 Å². The van der Waals surface area contributed by atoms with E-state index in [2.05, 4.69) is 15.6 Å².